The lowest BCUT2D eigenvalue weighted by Gasteiger charge is -2.14. The van der Waals surface area contributed by atoms with Crippen LogP contribution in [0.2, 0.25) is 0 Å². The van der Waals surface area contributed by atoms with Gasteiger partial charge in [0.05, 0.1) is 18.9 Å². The van der Waals surface area contributed by atoms with Gasteiger partial charge in [-0.25, -0.2) is 9.38 Å². The maximum Gasteiger partial charge on any atom is 0.246 e. The van der Waals surface area contributed by atoms with Crippen LogP contribution in [0.25, 0.3) is 0 Å². The smallest absolute Gasteiger partial charge is 0.246 e. The van der Waals surface area contributed by atoms with Gasteiger partial charge in [-0.05, 0) is 44.2 Å². The predicted molar refractivity (Wildman–Crippen MR) is 119 cm³/mol. The van der Waals surface area contributed by atoms with Crippen molar-refractivity contribution in [3.8, 4) is 11.5 Å². The highest BCUT2D eigenvalue weighted by atomic mass is 127. The van der Waals surface area contributed by atoms with E-state index in [1.807, 2.05) is 13.8 Å². The summed E-state index contributed by atoms with van der Waals surface area (Å²) < 4.78 is 24.1. The van der Waals surface area contributed by atoms with Crippen LogP contribution in [0.1, 0.15) is 13.8 Å². The molecule has 0 saturated carbocycles. The monoisotopic (exact) mass is 502 g/mol. The summed E-state index contributed by atoms with van der Waals surface area (Å²) in [4.78, 5) is 15.9. The number of hydrogen-bond donors (Lipinski definition) is 3. The molecule has 0 radical (unpaired) electrons. The van der Waals surface area contributed by atoms with Gasteiger partial charge in [0.2, 0.25) is 5.91 Å². The van der Waals surface area contributed by atoms with Crippen molar-refractivity contribution in [2.75, 3.05) is 30.4 Å². The van der Waals surface area contributed by atoms with Gasteiger partial charge in [-0.15, -0.1) is 24.0 Å². The van der Waals surface area contributed by atoms with Gasteiger partial charge >= 0.3 is 0 Å². The maximum absolute atomic E-state index is 13.1. The van der Waals surface area contributed by atoms with Crippen molar-refractivity contribution >= 4 is 47.2 Å². The maximum atomic E-state index is 13.1. The van der Waals surface area contributed by atoms with Gasteiger partial charge in [-0.3, -0.25) is 4.79 Å². The molecule has 1 amide bonds. The number of rotatable bonds is 8. The molecule has 0 aliphatic carbocycles. The molecule has 28 heavy (non-hydrogen) atoms. The Balaban J connectivity index is 0.00000392. The van der Waals surface area contributed by atoms with Crippen LogP contribution in [-0.2, 0) is 4.79 Å². The van der Waals surface area contributed by atoms with Crippen LogP contribution in [-0.4, -0.2) is 31.6 Å². The predicted octanol–water partition coefficient (Wildman–Crippen LogP) is 3.61. The number of halogens is 2. The number of amides is 1. The van der Waals surface area contributed by atoms with E-state index in [0.29, 0.717) is 36.1 Å². The van der Waals surface area contributed by atoms with E-state index in [1.165, 1.54) is 18.2 Å². The second-order valence-corrected chi connectivity index (χ2v) is 5.41. The van der Waals surface area contributed by atoms with Gasteiger partial charge in [0.15, 0.2) is 5.96 Å². The molecule has 0 bridgehead atoms. The normalized spacial score (nSPS) is 10.6. The Morgan fingerprint density at radius 2 is 1.86 bits per heavy atom. The van der Waals surface area contributed by atoms with E-state index in [0.717, 1.165) is 0 Å². The van der Waals surface area contributed by atoms with Crippen LogP contribution < -0.4 is 25.8 Å². The van der Waals surface area contributed by atoms with E-state index < -0.39 is 11.7 Å². The third-order valence-electron chi connectivity index (χ3n) is 3.33. The number of nitrogens with one attached hydrogen (secondary N) is 2. The molecule has 0 fully saturated rings. The Morgan fingerprint density at radius 3 is 2.54 bits per heavy atom. The Kier molecular flexibility index (Phi) is 10.1. The number of ether oxygens (including phenoxy) is 2. The van der Waals surface area contributed by atoms with Gasteiger partial charge in [0.1, 0.15) is 23.9 Å². The standard InChI is InChI=1S/C19H23FN4O3.HI/c1-3-26-15-8-9-17(27-4-2)16(11-15)24-19(21)22-12-18(25)23-14-7-5-6-13(20)10-14;/h5-11H,3-4,12H2,1-2H3,(H,23,25)(H3,21,22,24);1H. The number of benzene rings is 2. The van der Waals surface area contributed by atoms with Crippen molar-refractivity contribution in [3.05, 3.63) is 48.3 Å². The molecule has 0 aliphatic rings. The molecule has 0 spiro atoms. The van der Waals surface area contributed by atoms with E-state index in [1.54, 1.807) is 24.3 Å². The Labute approximate surface area is 180 Å². The summed E-state index contributed by atoms with van der Waals surface area (Å²) in [6.45, 7) is 4.54. The number of nitrogens with two attached hydrogens (primary N) is 1. The van der Waals surface area contributed by atoms with Crippen LogP contribution in [0.15, 0.2) is 47.5 Å². The van der Waals surface area contributed by atoms with Crippen molar-refractivity contribution in [2.45, 2.75) is 13.8 Å². The lowest BCUT2D eigenvalue weighted by molar-refractivity contribution is -0.114. The molecule has 0 aromatic heterocycles. The van der Waals surface area contributed by atoms with Gasteiger partial charge in [-0.1, -0.05) is 6.07 Å². The van der Waals surface area contributed by atoms with Gasteiger partial charge in [0, 0.05) is 11.8 Å². The van der Waals surface area contributed by atoms with Crippen molar-refractivity contribution < 1.29 is 18.7 Å². The van der Waals surface area contributed by atoms with Crippen LogP contribution in [0, 0.1) is 5.82 Å². The number of hydrogen-bond acceptors (Lipinski definition) is 4. The first-order valence-corrected chi connectivity index (χ1v) is 8.53. The van der Waals surface area contributed by atoms with Crippen molar-refractivity contribution in [2.24, 2.45) is 10.7 Å². The molecule has 152 valence electrons. The fourth-order valence-corrected chi connectivity index (χ4v) is 2.25. The molecule has 2 aromatic rings. The molecule has 9 heteroatoms. The number of carbonyl (C=O) groups excluding carboxylic acids is 1. The molecular formula is C19H24FIN4O3. The minimum absolute atomic E-state index is 0. The first-order valence-electron chi connectivity index (χ1n) is 8.53. The average molecular weight is 502 g/mol. The average Bonchev–Trinajstić information content (AvgIpc) is 2.62. The summed E-state index contributed by atoms with van der Waals surface area (Å²) in [7, 11) is 0. The Hall–Kier alpha value is -2.56. The highest BCUT2D eigenvalue weighted by Crippen LogP contribution is 2.29. The zero-order valence-corrected chi connectivity index (χ0v) is 18.0. The molecule has 7 nitrogen and oxygen atoms in total. The fourth-order valence-electron chi connectivity index (χ4n) is 2.25. The Morgan fingerprint density at radius 1 is 1.11 bits per heavy atom. The quantitative estimate of drug-likeness (QED) is 0.291. The van der Waals surface area contributed by atoms with Crippen LogP contribution >= 0.6 is 24.0 Å². The number of carbonyl (C=O) groups is 1. The van der Waals surface area contributed by atoms with E-state index in [4.69, 9.17) is 15.2 Å². The van der Waals surface area contributed by atoms with Crippen LogP contribution in [0.3, 0.4) is 0 Å². The van der Waals surface area contributed by atoms with E-state index >= 15 is 0 Å². The second-order valence-electron chi connectivity index (χ2n) is 5.41. The Bertz CT molecular complexity index is 818. The number of guanidine groups is 1. The summed E-state index contributed by atoms with van der Waals surface area (Å²) in [5, 5.41) is 5.45. The number of anilines is 2. The highest BCUT2D eigenvalue weighted by molar-refractivity contribution is 14.0. The minimum atomic E-state index is -0.435. The number of nitrogens with zero attached hydrogens (tertiary/aromatic N) is 1. The van der Waals surface area contributed by atoms with Crippen LogP contribution in [0.4, 0.5) is 15.8 Å². The van der Waals surface area contributed by atoms with E-state index in [2.05, 4.69) is 15.6 Å². The molecular weight excluding hydrogens is 478 g/mol. The zero-order chi connectivity index (χ0) is 19.6. The van der Waals surface area contributed by atoms with E-state index in [-0.39, 0.29) is 36.5 Å². The van der Waals surface area contributed by atoms with Crippen molar-refractivity contribution in [3.63, 3.8) is 0 Å². The summed E-state index contributed by atoms with van der Waals surface area (Å²) in [6.07, 6.45) is 0. The molecule has 2 rings (SSSR count). The largest absolute Gasteiger partial charge is 0.494 e. The van der Waals surface area contributed by atoms with Gasteiger partial charge in [0.25, 0.3) is 0 Å². The molecule has 0 heterocycles. The van der Waals surface area contributed by atoms with Gasteiger partial charge in [-0.2, -0.15) is 0 Å². The lowest BCUT2D eigenvalue weighted by atomic mass is 10.2. The topological polar surface area (TPSA) is 98.0 Å². The molecule has 0 aliphatic heterocycles. The third kappa shape index (κ3) is 7.59. The van der Waals surface area contributed by atoms with Crippen LogP contribution in [0.5, 0.6) is 11.5 Å². The fraction of sp³-hybridized carbons (Fsp3) is 0.263. The molecule has 4 N–H and O–H groups in total. The van der Waals surface area contributed by atoms with Crippen molar-refractivity contribution in [1.82, 2.24) is 0 Å². The highest BCUT2D eigenvalue weighted by Gasteiger charge is 2.08. The summed E-state index contributed by atoms with van der Waals surface area (Å²) in [5.41, 5.74) is 6.79. The SMILES string of the molecule is CCOc1ccc(OCC)c(NC(N)=NCC(=O)Nc2cccc(F)c2)c1.I. The third-order valence-corrected chi connectivity index (χ3v) is 3.33. The lowest BCUT2D eigenvalue weighted by Crippen LogP contribution is -2.25. The number of aliphatic imine (C=N–C) groups is 1. The molecule has 2 aromatic carbocycles. The summed E-state index contributed by atoms with van der Waals surface area (Å²) in [6, 6.07) is 10.9. The zero-order valence-electron chi connectivity index (χ0n) is 15.7. The molecule has 0 atom stereocenters. The summed E-state index contributed by atoms with van der Waals surface area (Å²) in [5.74, 6) is 0.427. The first kappa shape index (κ1) is 23.5. The second kappa shape index (κ2) is 12.0. The van der Waals surface area contributed by atoms with Crippen molar-refractivity contribution in [1.29, 1.82) is 0 Å². The van der Waals surface area contributed by atoms with Gasteiger partial charge < -0.3 is 25.8 Å². The molecule has 0 saturated heterocycles. The molecule has 0 unspecified atom stereocenters. The minimum Gasteiger partial charge on any atom is -0.494 e. The van der Waals surface area contributed by atoms with E-state index in [9.17, 15) is 9.18 Å². The first-order chi connectivity index (χ1) is 13.0. The summed E-state index contributed by atoms with van der Waals surface area (Å²) >= 11 is 0.